The quantitative estimate of drug-likeness (QED) is 0.642. The van der Waals surface area contributed by atoms with Gasteiger partial charge in [0, 0.05) is 16.0 Å². The molecule has 0 N–H and O–H groups in total. The topological polar surface area (TPSA) is 43.4 Å². The molecule has 4 heteroatoms. The van der Waals surface area contributed by atoms with Gasteiger partial charge in [-0.2, -0.15) is 0 Å². The van der Waals surface area contributed by atoms with E-state index in [0.717, 1.165) is 6.42 Å². The van der Waals surface area contributed by atoms with Gasteiger partial charge in [0.15, 0.2) is 0 Å². The van der Waals surface area contributed by atoms with E-state index in [1.165, 1.54) is 0 Å². The lowest BCUT2D eigenvalue weighted by atomic mass is 10.2. The minimum Gasteiger partial charge on any atom is -0.465 e. The van der Waals surface area contributed by atoms with Gasteiger partial charge in [-0.15, -0.1) is 0 Å². The summed E-state index contributed by atoms with van der Waals surface area (Å²) >= 11 is 0. The molecule has 0 spiro atoms. The monoisotopic (exact) mass is 220 g/mol. The molecule has 0 aliphatic carbocycles. The third-order valence-corrected chi connectivity index (χ3v) is 3.76. The van der Waals surface area contributed by atoms with E-state index in [2.05, 4.69) is 0 Å². The maximum absolute atomic E-state index is 11.8. The van der Waals surface area contributed by atoms with E-state index >= 15 is 0 Å². The highest BCUT2D eigenvalue weighted by Gasteiger charge is 2.27. The molecule has 2 unspecified atom stereocenters. The van der Waals surface area contributed by atoms with Crippen molar-refractivity contribution in [3.8, 4) is 0 Å². The highest BCUT2D eigenvalue weighted by atomic mass is 32.2. The highest BCUT2D eigenvalue weighted by Crippen LogP contribution is 2.12. The van der Waals surface area contributed by atoms with Crippen LogP contribution in [0.1, 0.15) is 40.5 Å². The van der Waals surface area contributed by atoms with Crippen LogP contribution in [0.4, 0.5) is 0 Å². The van der Waals surface area contributed by atoms with Gasteiger partial charge in [-0.05, 0) is 13.3 Å². The number of hydrogen-bond acceptors (Lipinski definition) is 3. The van der Waals surface area contributed by atoms with Crippen LogP contribution < -0.4 is 0 Å². The van der Waals surface area contributed by atoms with Gasteiger partial charge in [0.2, 0.25) is 0 Å². The molecule has 0 aromatic heterocycles. The van der Waals surface area contributed by atoms with Gasteiger partial charge in [-0.1, -0.05) is 27.2 Å². The Morgan fingerprint density at radius 2 is 1.93 bits per heavy atom. The standard InChI is InChI=1S/C10H20O3S/c1-5-7-9(10(11)13-6-2)14(12)8(3)4/h8-9H,5-7H2,1-4H3. The SMILES string of the molecule is CCCC(C(=O)OCC)S(=O)C(C)C. The van der Waals surface area contributed by atoms with Crippen molar-refractivity contribution in [1.29, 1.82) is 0 Å². The zero-order valence-corrected chi connectivity index (χ0v) is 10.2. The molecule has 2 atom stereocenters. The van der Waals surface area contributed by atoms with Gasteiger partial charge in [-0.3, -0.25) is 9.00 Å². The maximum Gasteiger partial charge on any atom is 0.321 e. The van der Waals surface area contributed by atoms with Crippen molar-refractivity contribution in [2.24, 2.45) is 0 Å². The van der Waals surface area contributed by atoms with Gasteiger partial charge in [0.1, 0.15) is 5.25 Å². The molecule has 84 valence electrons. The van der Waals surface area contributed by atoms with Crippen LogP contribution in [-0.4, -0.2) is 27.3 Å². The van der Waals surface area contributed by atoms with E-state index in [0.29, 0.717) is 13.0 Å². The van der Waals surface area contributed by atoms with Crippen molar-refractivity contribution in [1.82, 2.24) is 0 Å². The number of carbonyl (C=O) groups is 1. The predicted octanol–water partition coefficient (Wildman–Crippen LogP) is 1.88. The number of ether oxygens (including phenoxy) is 1. The van der Waals surface area contributed by atoms with Crippen molar-refractivity contribution in [2.75, 3.05) is 6.61 Å². The van der Waals surface area contributed by atoms with Gasteiger partial charge in [0.25, 0.3) is 0 Å². The normalized spacial score (nSPS) is 15.2. The number of esters is 1. The first-order valence-corrected chi connectivity index (χ1v) is 6.38. The molecule has 0 amide bonds. The van der Waals surface area contributed by atoms with Crippen molar-refractivity contribution in [3.05, 3.63) is 0 Å². The zero-order valence-electron chi connectivity index (χ0n) is 9.41. The summed E-state index contributed by atoms with van der Waals surface area (Å²) in [7, 11) is -1.12. The second-order valence-electron chi connectivity index (χ2n) is 3.41. The van der Waals surface area contributed by atoms with Crippen LogP contribution in [0.2, 0.25) is 0 Å². The lowest BCUT2D eigenvalue weighted by Gasteiger charge is -2.16. The van der Waals surface area contributed by atoms with E-state index in [-0.39, 0.29) is 11.2 Å². The largest absolute Gasteiger partial charge is 0.465 e. The van der Waals surface area contributed by atoms with Crippen LogP contribution in [0, 0.1) is 0 Å². The van der Waals surface area contributed by atoms with Crippen molar-refractivity contribution in [2.45, 2.75) is 51.0 Å². The summed E-state index contributed by atoms with van der Waals surface area (Å²) < 4.78 is 16.7. The smallest absolute Gasteiger partial charge is 0.321 e. The first kappa shape index (κ1) is 13.6. The lowest BCUT2D eigenvalue weighted by molar-refractivity contribution is -0.142. The van der Waals surface area contributed by atoms with Crippen molar-refractivity contribution >= 4 is 16.8 Å². The van der Waals surface area contributed by atoms with Crippen LogP contribution >= 0.6 is 0 Å². The highest BCUT2D eigenvalue weighted by molar-refractivity contribution is 7.87. The molecule has 0 rings (SSSR count). The van der Waals surface area contributed by atoms with Crippen molar-refractivity contribution < 1.29 is 13.7 Å². The van der Waals surface area contributed by atoms with Crippen LogP contribution in [0.15, 0.2) is 0 Å². The van der Waals surface area contributed by atoms with E-state index in [9.17, 15) is 9.00 Å². The van der Waals surface area contributed by atoms with Gasteiger partial charge >= 0.3 is 5.97 Å². The van der Waals surface area contributed by atoms with Gasteiger partial charge in [0.05, 0.1) is 6.61 Å². The Bertz CT molecular complexity index is 202. The fraction of sp³-hybridized carbons (Fsp3) is 0.900. The maximum atomic E-state index is 11.8. The van der Waals surface area contributed by atoms with Crippen LogP contribution in [0.25, 0.3) is 0 Å². The Morgan fingerprint density at radius 1 is 1.36 bits per heavy atom. The number of rotatable bonds is 6. The van der Waals surface area contributed by atoms with Crippen LogP contribution in [0.3, 0.4) is 0 Å². The zero-order chi connectivity index (χ0) is 11.1. The molecule has 14 heavy (non-hydrogen) atoms. The summed E-state index contributed by atoms with van der Waals surface area (Å²) in [6, 6.07) is 0. The predicted molar refractivity (Wildman–Crippen MR) is 58.6 cm³/mol. The number of hydrogen-bond donors (Lipinski definition) is 0. The summed E-state index contributed by atoms with van der Waals surface area (Å²) in [6.07, 6.45) is 1.49. The molecule has 0 saturated carbocycles. The molecule has 3 nitrogen and oxygen atoms in total. The summed E-state index contributed by atoms with van der Waals surface area (Å²) in [5.74, 6) is -0.318. The second-order valence-corrected chi connectivity index (χ2v) is 5.58. The molecule has 0 saturated heterocycles. The summed E-state index contributed by atoms with van der Waals surface area (Å²) in [5.41, 5.74) is 0. The molecule has 0 aromatic carbocycles. The fourth-order valence-electron chi connectivity index (χ4n) is 1.15. The average molecular weight is 220 g/mol. The van der Waals surface area contributed by atoms with Gasteiger partial charge in [-0.25, -0.2) is 0 Å². The molecular formula is C10H20O3S. The molecule has 0 aliphatic heterocycles. The van der Waals surface area contributed by atoms with Crippen LogP contribution in [-0.2, 0) is 20.3 Å². The minimum atomic E-state index is -1.12. The fourth-order valence-corrected chi connectivity index (χ4v) is 2.54. The van der Waals surface area contributed by atoms with E-state index in [4.69, 9.17) is 4.74 Å². The first-order valence-electron chi connectivity index (χ1n) is 5.10. The average Bonchev–Trinajstić information content (AvgIpc) is 2.13. The molecule has 0 fully saturated rings. The molecule has 0 bridgehead atoms. The molecule has 0 aromatic rings. The van der Waals surface area contributed by atoms with E-state index in [1.54, 1.807) is 6.92 Å². The van der Waals surface area contributed by atoms with Crippen molar-refractivity contribution in [3.63, 3.8) is 0 Å². The third kappa shape index (κ3) is 4.22. The molecule has 0 heterocycles. The minimum absolute atomic E-state index is 0.0101. The second kappa shape index (κ2) is 6.98. The Hall–Kier alpha value is -0.380. The van der Waals surface area contributed by atoms with E-state index < -0.39 is 16.0 Å². The third-order valence-electron chi connectivity index (χ3n) is 1.85. The molecular weight excluding hydrogens is 200 g/mol. The van der Waals surface area contributed by atoms with E-state index in [1.807, 2.05) is 20.8 Å². The summed E-state index contributed by atoms with van der Waals surface area (Å²) in [4.78, 5) is 11.5. The Morgan fingerprint density at radius 3 is 2.29 bits per heavy atom. The Balaban J connectivity index is 4.42. The number of carbonyl (C=O) groups excluding carboxylic acids is 1. The molecule has 0 aliphatic rings. The molecule has 0 radical (unpaired) electrons. The summed E-state index contributed by atoms with van der Waals surface area (Å²) in [6.45, 7) is 7.81. The lowest BCUT2D eigenvalue weighted by Crippen LogP contribution is -2.31. The first-order chi connectivity index (χ1) is 6.54. The Labute approximate surface area is 88.7 Å². The van der Waals surface area contributed by atoms with Gasteiger partial charge < -0.3 is 4.74 Å². The summed E-state index contributed by atoms with van der Waals surface area (Å²) in [5, 5.41) is -0.434. The Kier molecular flexibility index (Phi) is 6.79. The van der Waals surface area contributed by atoms with Crippen LogP contribution in [0.5, 0.6) is 0 Å².